The van der Waals surface area contributed by atoms with Crippen LogP contribution in [0.15, 0.2) is 53.7 Å². The van der Waals surface area contributed by atoms with E-state index in [1.165, 1.54) is 18.1 Å². The molecule has 0 N–H and O–H groups in total. The second-order valence-electron chi connectivity index (χ2n) is 6.88. The van der Waals surface area contributed by atoms with Crippen LogP contribution in [-0.4, -0.2) is 42.9 Å². The molecule has 0 bridgehead atoms. The molecule has 0 spiro atoms. The number of halogens is 4. The molecule has 30 heavy (non-hydrogen) atoms. The van der Waals surface area contributed by atoms with Gasteiger partial charge in [0.1, 0.15) is 6.61 Å². The topological polar surface area (TPSA) is 51.1 Å². The number of alkyl halides is 3. The van der Waals surface area contributed by atoms with Crippen LogP contribution in [0, 0.1) is 0 Å². The van der Waals surface area contributed by atoms with E-state index in [0.717, 1.165) is 23.4 Å². The van der Waals surface area contributed by atoms with E-state index < -0.39 is 17.8 Å². The van der Waals surface area contributed by atoms with E-state index in [1.54, 1.807) is 18.2 Å². The van der Waals surface area contributed by atoms with Gasteiger partial charge in [-0.15, -0.1) is 0 Å². The molecule has 0 aromatic heterocycles. The lowest BCUT2D eigenvalue weighted by atomic mass is 10.0. The summed E-state index contributed by atoms with van der Waals surface area (Å²) in [6.07, 6.45) is -4.41. The molecule has 160 valence electrons. The van der Waals surface area contributed by atoms with Gasteiger partial charge in [-0.3, -0.25) is 4.79 Å². The Balaban J connectivity index is 1.69. The van der Waals surface area contributed by atoms with E-state index in [4.69, 9.17) is 21.2 Å². The van der Waals surface area contributed by atoms with Crippen molar-refractivity contribution in [2.24, 2.45) is 5.16 Å². The van der Waals surface area contributed by atoms with Crippen LogP contribution in [0.3, 0.4) is 0 Å². The molecule has 0 saturated carbocycles. The monoisotopic (exact) mass is 440 g/mol. The minimum Gasteiger partial charge on any atom is -0.390 e. The summed E-state index contributed by atoms with van der Waals surface area (Å²) >= 11 is 5.90. The molecule has 0 aliphatic carbocycles. The summed E-state index contributed by atoms with van der Waals surface area (Å²) < 4.78 is 43.9. The fourth-order valence-corrected chi connectivity index (χ4v) is 3.25. The number of nitrogens with zero attached hydrogens (tertiary/aromatic N) is 2. The quantitative estimate of drug-likeness (QED) is 0.635. The summed E-state index contributed by atoms with van der Waals surface area (Å²) in [5.41, 5.74) is 1.18. The molecule has 1 aliphatic heterocycles. The van der Waals surface area contributed by atoms with Crippen molar-refractivity contribution in [2.45, 2.75) is 25.2 Å². The molecular weight excluding hydrogens is 421 g/mol. The maximum Gasteiger partial charge on any atom is 0.416 e. The lowest BCUT2D eigenvalue weighted by molar-refractivity contribution is -0.137. The van der Waals surface area contributed by atoms with Crippen LogP contribution < -0.4 is 0 Å². The first-order valence-corrected chi connectivity index (χ1v) is 9.55. The molecule has 2 aromatic rings. The Hall–Kier alpha value is -2.58. The molecule has 3 rings (SSSR count). The first kappa shape index (κ1) is 22.1. The average molecular weight is 441 g/mol. The zero-order valence-electron chi connectivity index (χ0n) is 16.2. The highest BCUT2D eigenvalue weighted by molar-refractivity contribution is 6.30. The van der Waals surface area contributed by atoms with Gasteiger partial charge in [0.25, 0.3) is 0 Å². The van der Waals surface area contributed by atoms with Crippen molar-refractivity contribution in [1.82, 2.24) is 4.90 Å². The fourth-order valence-electron chi connectivity index (χ4n) is 3.12. The van der Waals surface area contributed by atoms with Crippen LogP contribution >= 0.6 is 11.6 Å². The van der Waals surface area contributed by atoms with Crippen molar-refractivity contribution in [1.29, 1.82) is 0 Å². The number of carbonyl (C=O) groups excluding carboxylic acids is 1. The van der Waals surface area contributed by atoms with E-state index in [-0.39, 0.29) is 25.6 Å². The predicted octanol–water partition coefficient (Wildman–Crippen LogP) is 4.53. The van der Waals surface area contributed by atoms with Crippen molar-refractivity contribution in [3.63, 3.8) is 0 Å². The molecule has 1 heterocycles. The zero-order chi connectivity index (χ0) is 21.7. The van der Waals surface area contributed by atoms with Gasteiger partial charge in [-0.1, -0.05) is 41.0 Å². The van der Waals surface area contributed by atoms with Crippen LogP contribution in [-0.2, 0) is 27.1 Å². The fraction of sp³-hybridized carbons (Fsp3) is 0.333. The van der Waals surface area contributed by atoms with Gasteiger partial charge in [-0.05, 0) is 35.4 Å². The van der Waals surface area contributed by atoms with Gasteiger partial charge in [0, 0.05) is 25.1 Å². The van der Waals surface area contributed by atoms with Crippen molar-refractivity contribution >= 4 is 23.2 Å². The van der Waals surface area contributed by atoms with E-state index >= 15 is 0 Å². The van der Waals surface area contributed by atoms with Gasteiger partial charge in [-0.2, -0.15) is 13.2 Å². The number of carbonyl (C=O) groups is 1. The summed E-state index contributed by atoms with van der Waals surface area (Å²) in [6, 6.07) is 12.0. The highest BCUT2D eigenvalue weighted by Crippen LogP contribution is 2.30. The molecule has 5 nitrogen and oxygen atoms in total. The molecule has 1 atom stereocenters. The Labute approximate surface area is 177 Å². The maximum absolute atomic E-state index is 13.0. The minimum atomic E-state index is -4.45. The van der Waals surface area contributed by atoms with Crippen molar-refractivity contribution in [2.75, 3.05) is 20.3 Å². The lowest BCUT2D eigenvalue weighted by Crippen LogP contribution is -2.39. The molecule has 2 aromatic carbocycles. The Kier molecular flexibility index (Phi) is 6.99. The average Bonchev–Trinajstić information content (AvgIpc) is 3.16. The van der Waals surface area contributed by atoms with E-state index in [9.17, 15) is 18.0 Å². The normalized spacial score (nSPS) is 16.2. The maximum atomic E-state index is 13.0. The third kappa shape index (κ3) is 5.73. The molecule has 1 aliphatic rings. The Bertz CT molecular complexity index is 916. The molecular formula is C21H20ClF3N2O3. The van der Waals surface area contributed by atoms with E-state index in [1.807, 2.05) is 12.1 Å². The second-order valence-corrected chi connectivity index (χ2v) is 7.32. The van der Waals surface area contributed by atoms with E-state index in [0.29, 0.717) is 17.0 Å². The molecule has 0 fully saturated rings. The number of rotatable bonds is 7. The second kappa shape index (κ2) is 9.49. The van der Waals surface area contributed by atoms with Gasteiger partial charge < -0.3 is 14.5 Å². The number of hydrogen-bond donors (Lipinski definition) is 0. The summed E-state index contributed by atoms with van der Waals surface area (Å²) in [5, 5.41) is 4.69. The number of ether oxygens (including phenoxy) is 1. The van der Waals surface area contributed by atoms with Gasteiger partial charge in [0.15, 0.2) is 6.10 Å². The van der Waals surface area contributed by atoms with Crippen LogP contribution in [0.1, 0.15) is 23.1 Å². The van der Waals surface area contributed by atoms with Gasteiger partial charge >= 0.3 is 6.18 Å². The minimum absolute atomic E-state index is 0.00223. The van der Waals surface area contributed by atoms with Crippen molar-refractivity contribution in [3.05, 3.63) is 70.2 Å². The number of hydrogen-bond acceptors (Lipinski definition) is 4. The molecule has 0 unspecified atom stereocenters. The standard InChI is InChI=1S/C21H20ClF3N2O3/c1-29-13-20(28)27(11-14-3-2-4-16(9-14)21(23,24)25)12-18-10-19(26-30-18)15-5-7-17(22)8-6-15/h2-9,18H,10-13H2,1H3/t18-/m0/s1. The van der Waals surface area contributed by atoms with Crippen LogP contribution in [0.5, 0.6) is 0 Å². The first-order valence-electron chi connectivity index (χ1n) is 9.17. The third-order valence-electron chi connectivity index (χ3n) is 4.58. The first-order chi connectivity index (χ1) is 14.3. The zero-order valence-corrected chi connectivity index (χ0v) is 16.9. The van der Waals surface area contributed by atoms with Crippen molar-refractivity contribution in [3.8, 4) is 0 Å². The molecule has 9 heteroatoms. The lowest BCUT2D eigenvalue weighted by Gasteiger charge is -2.25. The Morgan fingerprint density at radius 2 is 2.00 bits per heavy atom. The molecule has 0 saturated heterocycles. The number of methoxy groups -OCH3 is 1. The summed E-state index contributed by atoms with van der Waals surface area (Å²) in [6.45, 7) is -0.0160. The third-order valence-corrected chi connectivity index (χ3v) is 4.83. The summed E-state index contributed by atoms with van der Waals surface area (Å²) in [7, 11) is 1.38. The summed E-state index contributed by atoms with van der Waals surface area (Å²) in [4.78, 5) is 19.4. The number of benzene rings is 2. The van der Waals surface area contributed by atoms with Gasteiger partial charge in [-0.25, -0.2) is 0 Å². The van der Waals surface area contributed by atoms with Gasteiger partial charge in [0.05, 0.1) is 17.8 Å². The summed E-state index contributed by atoms with van der Waals surface area (Å²) in [5.74, 6) is -0.349. The van der Waals surface area contributed by atoms with Crippen molar-refractivity contribution < 1.29 is 27.5 Å². The van der Waals surface area contributed by atoms with Crippen LogP contribution in [0.4, 0.5) is 13.2 Å². The predicted molar refractivity (Wildman–Crippen MR) is 106 cm³/mol. The Morgan fingerprint density at radius 3 is 2.67 bits per heavy atom. The van der Waals surface area contributed by atoms with Crippen LogP contribution in [0.2, 0.25) is 5.02 Å². The Morgan fingerprint density at radius 1 is 1.27 bits per heavy atom. The molecule has 0 radical (unpaired) electrons. The largest absolute Gasteiger partial charge is 0.416 e. The number of amides is 1. The smallest absolute Gasteiger partial charge is 0.390 e. The number of oxime groups is 1. The van der Waals surface area contributed by atoms with E-state index in [2.05, 4.69) is 5.16 Å². The SMILES string of the molecule is COCC(=O)N(Cc1cccc(C(F)(F)F)c1)C[C@@H]1CC(c2ccc(Cl)cc2)=NO1. The van der Waals surface area contributed by atoms with Gasteiger partial charge in [0.2, 0.25) is 5.91 Å². The highest BCUT2D eigenvalue weighted by Gasteiger charge is 2.31. The molecule has 1 amide bonds. The highest BCUT2D eigenvalue weighted by atomic mass is 35.5. The van der Waals surface area contributed by atoms with Crippen LogP contribution in [0.25, 0.3) is 0 Å².